The van der Waals surface area contributed by atoms with Crippen molar-refractivity contribution in [1.29, 1.82) is 0 Å². The number of carbonyl (C=O) groups excluding carboxylic acids is 2. The molecule has 2 amide bonds. The second-order valence-corrected chi connectivity index (χ2v) is 7.72. The Morgan fingerprint density at radius 1 is 1.24 bits per heavy atom. The molecule has 1 fully saturated rings. The number of likely N-dealkylation sites (N-methyl/N-ethyl adjacent to an activating group) is 1. The number of amides is 2. The third-order valence-electron chi connectivity index (χ3n) is 4.94. The maximum atomic E-state index is 12.6. The summed E-state index contributed by atoms with van der Waals surface area (Å²) in [5.74, 6) is -0.231. The van der Waals surface area contributed by atoms with Gasteiger partial charge in [-0.3, -0.25) is 29.9 Å². The molecular formula is C24H23N3O6S. The van der Waals surface area contributed by atoms with Crippen molar-refractivity contribution in [3.05, 3.63) is 81.4 Å². The fraction of sp³-hybridized carbons (Fsp3) is 0.208. The van der Waals surface area contributed by atoms with Gasteiger partial charge in [-0.05, 0) is 54.9 Å². The molecule has 2 aromatic rings. The molecule has 0 saturated carbocycles. The molecule has 0 aliphatic carbocycles. The van der Waals surface area contributed by atoms with E-state index in [1.165, 1.54) is 30.2 Å². The van der Waals surface area contributed by atoms with Crippen LogP contribution in [0.4, 0.5) is 5.69 Å². The van der Waals surface area contributed by atoms with E-state index in [4.69, 9.17) is 21.7 Å². The van der Waals surface area contributed by atoms with E-state index in [-0.39, 0.29) is 23.0 Å². The zero-order valence-corrected chi connectivity index (χ0v) is 19.5. The Hall–Kier alpha value is -4.05. The van der Waals surface area contributed by atoms with Crippen molar-refractivity contribution in [2.75, 3.05) is 13.7 Å². The van der Waals surface area contributed by atoms with Crippen LogP contribution in [-0.4, -0.2) is 40.4 Å². The SMILES string of the molecule is C=CCc1cc(/C=C2\C(=O)NC(=S)N(C)C2=O)cc(OCC)c1OCc1cccc([N+](=O)[O-])c1. The zero-order chi connectivity index (χ0) is 24.8. The first-order valence-electron chi connectivity index (χ1n) is 10.4. The summed E-state index contributed by atoms with van der Waals surface area (Å²) >= 11 is 4.98. The number of thiocarbonyl (C=S) groups is 1. The van der Waals surface area contributed by atoms with Gasteiger partial charge in [-0.25, -0.2) is 0 Å². The van der Waals surface area contributed by atoms with E-state index in [9.17, 15) is 19.7 Å². The lowest BCUT2D eigenvalue weighted by Gasteiger charge is -2.25. The van der Waals surface area contributed by atoms with Crippen molar-refractivity contribution < 1.29 is 24.0 Å². The molecular weight excluding hydrogens is 458 g/mol. The van der Waals surface area contributed by atoms with E-state index < -0.39 is 16.7 Å². The number of allylic oxidation sites excluding steroid dienone is 1. The average molecular weight is 482 g/mol. The average Bonchev–Trinajstić information content (AvgIpc) is 2.80. The molecule has 1 aliphatic rings. The van der Waals surface area contributed by atoms with Crippen molar-refractivity contribution >= 4 is 40.9 Å². The first-order chi connectivity index (χ1) is 16.2. The minimum absolute atomic E-state index is 0.0284. The lowest BCUT2D eigenvalue weighted by molar-refractivity contribution is -0.384. The Bertz CT molecular complexity index is 1210. The summed E-state index contributed by atoms with van der Waals surface area (Å²) in [5, 5.41) is 13.6. The van der Waals surface area contributed by atoms with Gasteiger partial charge in [0.2, 0.25) is 0 Å². The van der Waals surface area contributed by atoms with Crippen molar-refractivity contribution in [3.63, 3.8) is 0 Å². The van der Waals surface area contributed by atoms with E-state index >= 15 is 0 Å². The first kappa shape index (κ1) is 24.6. The fourth-order valence-electron chi connectivity index (χ4n) is 3.33. The molecule has 176 valence electrons. The first-order valence-corrected chi connectivity index (χ1v) is 10.8. The number of carbonyl (C=O) groups is 2. The van der Waals surface area contributed by atoms with Crippen LogP contribution >= 0.6 is 12.2 Å². The van der Waals surface area contributed by atoms with Gasteiger partial charge in [-0.2, -0.15) is 0 Å². The van der Waals surface area contributed by atoms with E-state index in [0.717, 1.165) is 0 Å². The van der Waals surface area contributed by atoms with E-state index in [1.54, 1.807) is 30.3 Å². The van der Waals surface area contributed by atoms with Gasteiger partial charge in [0.1, 0.15) is 12.2 Å². The summed E-state index contributed by atoms with van der Waals surface area (Å²) in [6, 6.07) is 9.61. The minimum atomic E-state index is -0.581. The second kappa shape index (κ2) is 10.7. The highest BCUT2D eigenvalue weighted by molar-refractivity contribution is 7.80. The molecule has 0 aromatic heterocycles. The predicted molar refractivity (Wildman–Crippen MR) is 130 cm³/mol. The Kier molecular flexibility index (Phi) is 7.75. The van der Waals surface area contributed by atoms with Crippen molar-refractivity contribution in [3.8, 4) is 11.5 Å². The number of ether oxygens (including phenoxy) is 2. The highest BCUT2D eigenvalue weighted by Gasteiger charge is 2.31. The molecule has 0 bridgehead atoms. The van der Waals surface area contributed by atoms with Gasteiger partial charge in [0, 0.05) is 24.7 Å². The molecule has 10 heteroatoms. The number of nitro benzene ring substituents is 1. The van der Waals surface area contributed by atoms with Crippen LogP contribution in [0.3, 0.4) is 0 Å². The number of nitrogens with zero attached hydrogens (tertiary/aromatic N) is 2. The molecule has 1 saturated heterocycles. The van der Waals surface area contributed by atoms with Gasteiger partial charge >= 0.3 is 0 Å². The van der Waals surface area contributed by atoms with Gasteiger partial charge in [0.25, 0.3) is 17.5 Å². The zero-order valence-electron chi connectivity index (χ0n) is 18.7. The summed E-state index contributed by atoms with van der Waals surface area (Å²) in [6.45, 7) is 6.02. The number of hydrogen-bond donors (Lipinski definition) is 1. The highest BCUT2D eigenvalue weighted by atomic mass is 32.1. The molecule has 34 heavy (non-hydrogen) atoms. The number of rotatable bonds is 9. The number of nitrogens with one attached hydrogen (secondary N) is 1. The van der Waals surface area contributed by atoms with Crippen LogP contribution in [-0.2, 0) is 22.6 Å². The lowest BCUT2D eigenvalue weighted by Crippen LogP contribution is -2.52. The van der Waals surface area contributed by atoms with Crippen LogP contribution in [0.25, 0.3) is 6.08 Å². The number of non-ortho nitro benzene ring substituents is 1. The molecule has 2 aromatic carbocycles. The quantitative estimate of drug-likeness (QED) is 0.146. The molecule has 1 aliphatic heterocycles. The third-order valence-corrected chi connectivity index (χ3v) is 5.31. The summed E-state index contributed by atoms with van der Waals surface area (Å²) in [6.07, 6.45) is 3.58. The Labute approximate surface area is 201 Å². The van der Waals surface area contributed by atoms with Gasteiger partial charge in [-0.1, -0.05) is 18.2 Å². The maximum absolute atomic E-state index is 12.6. The van der Waals surface area contributed by atoms with Gasteiger partial charge in [-0.15, -0.1) is 6.58 Å². The molecule has 0 atom stereocenters. The van der Waals surface area contributed by atoms with E-state index in [1.807, 2.05) is 6.92 Å². The number of benzene rings is 2. The number of hydrogen-bond acceptors (Lipinski definition) is 7. The van der Waals surface area contributed by atoms with Crippen LogP contribution in [0, 0.1) is 10.1 Å². The van der Waals surface area contributed by atoms with Crippen molar-refractivity contribution in [1.82, 2.24) is 10.2 Å². The third kappa shape index (κ3) is 5.46. The topological polar surface area (TPSA) is 111 Å². The van der Waals surface area contributed by atoms with Crippen molar-refractivity contribution in [2.24, 2.45) is 0 Å². The summed E-state index contributed by atoms with van der Waals surface area (Å²) < 4.78 is 11.8. The Morgan fingerprint density at radius 2 is 2.00 bits per heavy atom. The minimum Gasteiger partial charge on any atom is -0.490 e. The van der Waals surface area contributed by atoms with Crippen LogP contribution in [0.1, 0.15) is 23.6 Å². The fourth-order valence-corrected chi connectivity index (χ4v) is 3.50. The normalized spacial score (nSPS) is 14.7. The summed E-state index contributed by atoms with van der Waals surface area (Å²) in [5.41, 5.74) is 1.80. The number of nitro groups is 1. The van der Waals surface area contributed by atoms with E-state index in [2.05, 4.69) is 11.9 Å². The summed E-state index contributed by atoms with van der Waals surface area (Å²) in [4.78, 5) is 36.7. The molecule has 0 unspecified atom stereocenters. The molecule has 9 nitrogen and oxygen atoms in total. The highest BCUT2D eigenvalue weighted by Crippen LogP contribution is 2.35. The smallest absolute Gasteiger partial charge is 0.269 e. The van der Waals surface area contributed by atoms with Gasteiger partial charge < -0.3 is 9.47 Å². The molecule has 0 radical (unpaired) electrons. The maximum Gasteiger partial charge on any atom is 0.269 e. The Morgan fingerprint density at radius 3 is 2.68 bits per heavy atom. The standard InChI is InChI=1S/C24H23N3O6S/c1-4-7-17-10-16(12-19-22(28)25-24(34)26(3)23(19)29)13-20(32-5-2)21(17)33-14-15-8-6-9-18(11-15)27(30)31/h4,6,8-13H,1,5,7,14H2,2-3H3,(H,25,28,34)/b19-12+. The van der Waals surface area contributed by atoms with Gasteiger partial charge in [0.05, 0.1) is 11.5 Å². The lowest BCUT2D eigenvalue weighted by atomic mass is 10.0. The molecule has 1 heterocycles. The Balaban J connectivity index is 1.99. The van der Waals surface area contributed by atoms with Crippen molar-refractivity contribution in [2.45, 2.75) is 20.0 Å². The summed E-state index contributed by atoms with van der Waals surface area (Å²) in [7, 11) is 1.48. The van der Waals surface area contributed by atoms with E-state index in [0.29, 0.717) is 41.2 Å². The van der Waals surface area contributed by atoms with Crippen LogP contribution in [0.2, 0.25) is 0 Å². The second-order valence-electron chi connectivity index (χ2n) is 7.33. The molecule has 1 N–H and O–H groups in total. The largest absolute Gasteiger partial charge is 0.490 e. The van der Waals surface area contributed by atoms with Crippen LogP contribution < -0.4 is 14.8 Å². The monoisotopic (exact) mass is 481 g/mol. The van der Waals surface area contributed by atoms with Gasteiger partial charge in [0.15, 0.2) is 16.6 Å². The predicted octanol–water partition coefficient (Wildman–Crippen LogP) is 3.56. The van der Waals surface area contributed by atoms with Crippen LogP contribution in [0.5, 0.6) is 11.5 Å². The molecule has 3 rings (SSSR count). The van der Waals surface area contributed by atoms with Crippen LogP contribution in [0.15, 0.2) is 54.6 Å². The molecule has 0 spiro atoms.